The summed E-state index contributed by atoms with van der Waals surface area (Å²) >= 11 is 3.00. The Morgan fingerprint density at radius 3 is 2.73 bits per heavy atom. The third kappa shape index (κ3) is 3.59. The van der Waals surface area contributed by atoms with Gasteiger partial charge in [-0.05, 0) is 42.8 Å². The molecule has 5 nitrogen and oxygen atoms in total. The number of carbonyl (C=O) groups is 1. The van der Waals surface area contributed by atoms with E-state index in [0.717, 1.165) is 36.7 Å². The van der Waals surface area contributed by atoms with Crippen LogP contribution in [0.1, 0.15) is 25.9 Å². The van der Waals surface area contributed by atoms with Gasteiger partial charge in [0, 0.05) is 5.39 Å². The number of fused-ring (bicyclic) bond motifs is 2. The highest BCUT2D eigenvalue weighted by molar-refractivity contribution is 7.20. The fourth-order valence-corrected chi connectivity index (χ4v) is 5.32. The molecule has 0 saturated heterocycles. The van der Waals surface area contributed by atoms with E-state index in [1.165, 1.54) is 23.5 Å². The molecule has 0 aliphatic heterocycles. The Morgan fingerprint density at radius 1 is 1.13 bits per heavy atom. The predicted octanol–water partition coefficient (Wildman–Crippen LogP) is 5.13. The van der Waals surface area contributed by atoms with E-state index in [2.05, 4.69) is 15.4 Å². The minimum Gasteiger partial charge on any atom is -0.345 e. The van der Waals surface area contributed by atoms with Crippen molar-refractivity contribution in [1.29, 1.82) is 0 Å². The van der Waals surface area contributed by atoms with Gasteiger partial charge in [-0.1, -0.05) is 24.3 Å². The van der Waals surface area contributed by atoms with Gasteiger partial charge in [-0.15, -0.1) is 22.7 Å². The highest BCUT2D eigenvalue weighted by atomic mass is 32.1. The quantitative estimate of drug-likeness (QED) is 0.415. The van der Waals surface area contributed by atoms with Crippen LogP contribution in [0.15, 0.2) is 54.6 Å². The average Bonchev–Trinajstić information content (AvgIpc) is 3.43. The number of rotatable bonds is 5. The minimum atomic E-state index is -0.260. The van der Waals surface area contributed by atoms with Crippen molar-refractivity contribution in [3.8, 4) is 0 Å². The number of benzene rings is 2. The number of para-hydroxylation sites is 1. The molecule has 150 valence electrons. The fraction of sp³-hybridized carbons (Fsp3) is 0.136. The van der Waals surface area contributed by atoms with Gasteiger partial charge >= 0.3 is 0 Å². The van der Waals surface area contributed by atoms with E-state index >= 15 is 0 Å². The van der Waals surface area contributed by atoms with Crippen LogP contribution < -0.4 is 5.32 Å². The van der Waals surface area contributed by atoms with Crippen LogP contribution in [0, 0.1) is 12.7 Å². The molecule has 1 N–H and O–H groups in total. The number of nitrogens with zero attached hydrogens (tertiary/aromatic N) is 3. The van der Waals surface area contributed by atoms with E-state index in [1.54, 1.807) is 23.5 Å². The molecule has 0 unspecified atom stereocenters. The Bertz CT molecular complexity index is 1330. The standard InChI is InChI=1S/C22H17FN4OS2/c1-13-16-10-19(21(28)24-11-20-25-17-4-2-3-5-18(17)29-20)30-22(16)27(26-13)12-14-6-8-15(23)9-7-14/h2-10H,11-12H2,1H3,(H,24,28). The number of nitrogens with one attached hydrogen (secondary N) is 1. The van der Waals surface area contributed by atoms with Gasteiger partial charge < -0.3 is 5.32 Å². The SMILES string of the molecule is Cc1nn(Cc2ccc(F)cc2)c2sc(C(=O)NCc3nc4ccccc4s3)cc12. The fourth-order valence-electron chi connectivity index (χ4n) is 3.33. The van der Waals surface area contributed by atoms with Crippen molar-refractivity contribution >= 4 is 49.0 Å². The number of thiophene rings is 1. The third-order valence-electron chi connectivity index (χ3n) is 4.82. The Morgan fingerprint density at radius 2 is 1.93 bits per heavy atom. The van der Waals surface area contributed by atoms with Crippen molar-refractivity contribution in [2.24, 2.45) is 0 Å². The van der Waals surface area contributed by atoms with Crippen molar-refractivity contribution in [1.82, 2.24) is 20.1 Å². The van der Waals surface area contributed by atoms with Crippen LogP contribution in [-0.2, 0) is 13.1 Å². The summed E-state index contributed by atoms with van der Waals surface area (Å²) in [5, 5.41) is 9.39. The van der Waals surface area contributed by atoms with Crippen molar-refractivity contribution in [3.05, 3.63) is 81.6 Å². The predicted molar refractivity (Wildman–Crippen MR) is 119 cm³/mol. The molecule has 0 radical (unpaired) electrons. The number of hydrogen-bond acceptors (Lipinski definition) is 5. The summed E-state index contributed by atoms with van der Waals surface area (Å²) in [4.78, 5) is 18.9. The number of thiazole rings is 1. The summed E-state index contributed by atoms with van der Waals surface area (Å²) in [5.74, 6) is -0.382. The lowest BCUT2D eigenvalue weighted by Crippen LogP contribution is -2.21. The largest absolute Gasteiger partial charge is 0.345 e. The van der Waals surface area contributed by atoms with Crippen LogP contribution in [0.5, 0.6) is 0 Å². The molecule has 2 aromatic carbocycles. The van der Waals surface area contributed by atoms with Crippen LogP contribution in [0.4, 0.5) is 4.39 Å². The smallest absolute Gasteiger partial charge is 0.261 e. The lowest BCUT2D eigenvalue weighted by molar-refractivity contribution is 0.0955. The summed E-state index contributed by atoms with van der Waals surface area (Å²) in [7, 11) is 0. The molecule has 5 rings (SSSR count). The van der Waals surface area contributed by atoms with Crippen LogP contribution in [0.3, 0.4) is 0 Å². The molecule has 0 atom stereocenters. The molecule has 5 aromatic rings. The van der Waals surface area contributed by atoms with Crippen LogP contribution in [0.2, 0.25) is 0 Å². The number of carbonyl (C=O) groups excluding carboxylic acids is 1. The first-order valence-electron chi connectivity index (χ1n) is 9.41. The van der Waals surface area contributed by atoms with E-state index in [1.807, 2.05) is 41.9 Å². The summed E-state index contributed by atoms with van der Waals surface area (Å²) in [6, 6.07) is 16.2. The zero-order valence-corrected chi connectivity index (χ0v) is 17.7. The van der Waals surface area contributed by atoms with E-state index in [4.69, 9.17) is 0 Å². The summed E-state index contributed by atoms with van der Waals surface area (Å²) in [5.41, 5.74) is 2.77. The van der Waals surface area contributed by atoms with Gasteiger partial charge in [0.05, 0.1) is 33.9 Å². The van der Waals surface area contributed by atoms with Gasteiger partial charge in [-0.3, -0.25) is 9.48 Å². The zero-order valence-electron chi connectivity index (χ0n) is 16.1. The van der Waals surface area contributed by atoms with Gasteiger partial charge in [0.25, 0.3) is 5.91 Å². The lowest BCUT2D eigenvalue weighted by atomic mass is 10.2. The van der Waals surface area contributed by atoms with Crippen LogP contribution in [-0.4, -0.2) is 20.7 Å². The second-order valence-corrected chi connectivity index (χ2v) is 9.10. The third-order valence-corrected chi connectivity index (χ3v) is 7.00. The van der Waals surface area contributed by atoms with Crippen molar-refractivity contribution in [3.63, 3.8) is 0 Å². The van der Waals surface area contributed by atoms with E-state index in [-0.39, 0.29) is 11.7 Å². The molecule has 3 aromatic heterocycles. The Hall–Kier alpha value is -3.10. The molecule has 0 spiro atoms. The maximum Gasteiger partial charge on any atom is 0.261 e. The van der Waals surface area contributed by atoms with Crippen molar-refractivity contribution in [2.45, 2.75) is 20.0 Å². The maximum atomic E-state index is 13.2. The van der Waals surface area contributed by atoms with Gasteiger partial charge in [0.1, 0.15) is 15.7 Å². The molecule has 0 aliphatic carbocycles. The zero-order chi connectivity index (χ0) is 20.7. The molecule has 0 bridgehead atoms. The Labute approximate surface area is 179 Å². The molecule has 0 fully saturated rings. The topological polar surface area (TPSA) is 59.8 Å². The van der Waals surface area contributed by atoms with Crippen molar-refractivity contribution < 1.29 is 9.18 Å². The van der Waals surface area contributed by atoms with Gasteiger partial charge in [0.2, 0.25) is 0 Å². The van der Waals surface area contributed by atoms with Crippen LogP contribution >= 0.6 is 22.7 Å². The summed E-state index contributed by atoms with van der Waals surface area (Å²) < 4.78 is 16.1. The van der Waals surface area contributed by atoms with Gasteiger partial charge in [-0.25, -0.2) is 9.37 Å². The number of halogens is 1. The summed E-state index contributed by atoms with van der Waals surface area (Å²) in [6.45, 7) is 2.85. The Balaban J connectivity index is 1.35. The number of aryl methyl sites for hydroxylation is 1. The van der Waals surface area contributed by atoms with E-state index < -0.39 is 0 Å². The Kier molecular flexibility index (Phi) is 4.80. The molecule has 30 heavy (non-hydrogen) atoms. The first kappa shape index (κ1) is 18.9. The molecule has 8 heteroatoms. The van der Waals surface area contributed by atoms with Crippen LogP contribution in [0.25, 0.3) is 20.4 Å². The monoisotopic (exact) mass is 436 g/mol. The normalized spacial score (nSPS) is 11.4. The molecular formula is C22H17FN4OS2. The highest BCUT2D eigenvalue weighted by Gasteiger charge is 2.17. The highest BCUT2D eigenvalue weighted by Crippen LogP contribution is 2.29. The average molecular weight is 437 g/mol. The lowest BCUT2D eigenvalue weighted by Gasteiger charge is -2.03. The maximum absolute atomic E-state index is 13.2. The molecule has 0 saturated carbocycles. The second-order valence-electron chi connectivity index (χ2n) is 6.96. The second kappa shape index (κ2) is 7.62. The number of aromatic nitrogens is 3. The van der Waals surface area contributed by atoms with Gasteiger partial charge in [-0.2, -0.15) is 5.10 Å². The van der Waals surface area contributed by atoms with Crippen molar-refractivity contribution in [2.75, 3.05) is 0 Å². The van der Waals surface area contributed by atoms with E-state index in [9.17, 15) is 9.18 Å². The minimum absolute atomic E-state index is 0.122. The molecule has 0 aliphatic rings. The van der Waals surface area contributed by atoms with E-state index in [0.29, 0.717) is 18.0 Å². The van der Waals surface area contributed by atoms with Gasteiger partial charge in [0.15, 0.2) is 0 Å². The molecule has 1 amide bonds. The molecule has 3 heterocycles. The number of hydrogen-bond donors (Lipinski definition) is 1. The first-order valence-corrected chi connectivity index (χ1v) is 11.0. The summed E-state index contributed by atoms with van der Waals surface area (Å²) in [6.07, 6.45) is 0. The first-order chi connectivity index (χ1) is 14.6. The molecular weight excluding hydrogens is 419 g/mol. The number of amides is 1.